The van der Waals surface area contributed by atoms with Gasteiger partial charge in [0.2, 0.25) is 5.91 Å². The van der Waals surface area contributed by atoms with Crippen LogP contribution in [0.5, 0.6) is 5.75 Å². The van der Waals surface area contributed by atoms with Gasteiger partial charge in [-0.3, -0.25) is 9.69 Å². The minimum absolute atomic E-state index is 0.0104. The van der Waals surface area contributed by atoms with Crippen molar-refractivity contribution in [1.82, 2.24) is 9.80 Å². The lowest BCUT2D eigenvalue weighted by Gasteiger charge is -2.37. The zero-order chi connectivity index (χ0) is 23.6. The van der Waals surface area contributed by atoms with Gasteiger partial charge in [0, 0.05) is 43.3 Å². The highest BCUT2D eigenvalue weighted by Gasteiger charge is 2.33. The Labute approximate surface area is 204 Å². The molecule has 0 fully saturated rings. The minimum atomic E-state index is -0.663. The number of rotatable bonds is 13. The third kappa shape index (κ3) is 7.67. The largest absolute Gasteiger partial charge is 0.491 e. The van der Waals surface area contributed by atoms with Crippen molar-refractivity contribution in [2.75, 3.05) is 59.7 Å². The number of ether oxygens (including phenoxy) is 3. The van der Waals surface area contributed by atoms with Crippen molar-refractivity contribution in [1.29, 1.82) is 0 Å². The predicted molar refractivity (Wildman–Crippen MR) is 130 cm³/mol. The molecule has 0 bridgehead atoms. The van der Waals surface area contributed by atoms with E-state index in [1.165, 1.54) is 4.88 Å². The Balaban J connectivity index is 1.68. The smallest absolute Gasteiger partial charge is 0.237 e. The number of aliphatic hydroxyl groups is 1. The molecule has 1 aromatic carbocycles. The monoisotopic (exact) mass is 496 g/mol. The minimum Gasteiger partial charge on any atom is -0.491 e. The van der Waals surface area contributed by atoms with Crippen molar-refractivity contribution < 1.29 is 24.1 Å². The second kappa shape index (κ2) is 13.3. The van der Waals surface area contributed by atoms with Crippen molar-refractivity contribution in [3.8, 4) is 5.75 Å². The van der Waals surface area contributed by atoms with Gasteiger partial charge in [0.25, 0.3) is 0 Å². The summed E-state index contributed by atoms with van der Waals surface area (Å²) >= 11 is 7.70. The Bertz CT molecular complexity index is 863. The van der Waals surface area contributed by atoms with Crippen molar-refractivity contribution in [2.24, 2.45) is 0 Å². The molecule has 0 unspecified atom stereocenters. The molecule has 0 saturated heterocycles. The molecule has 182 valence electrons. The van der Waals surface area contributed by atoms with Crippen molar-refractivity contribution in [2.45, 2.75) is 25.5 Å². The van der Waals surface area contributed by atoms with E-state index in [2.05, 4.69) is 11.4 Å². The molecule has 0 saturated carbocycles. The fourth-order valence-corrected chi connectivity index (χ4v) is 4.98. The van der Waals surface area contributed by atoms with Crippen LogP contribution in [0.3, 0.4) is 0 Å². The first-order chi connectivity index (χ1) is 16.0. The van der Waals surface area contributed by atoms with E-state index in [1.807, 2.05) is 28.9 Å². The molecule has 2 aromatic rings. The van der Waals surface area contributed by atoms with Gasteiger partial charge >= 0.3 is 0 Å². The molecule has 2 atom stereocenters. The molecular weight excluding hydrogens is 464 g/mol. The van der Waals surface area contributed by atoms with Crippen LogP contribution < -0.4 is 4.74 Å². The van der Waals surface area contributed by atoms with Gasteiger partial charge in [-0.15, -0.1) is 11.3 Å². The van der Waals surface area contributed by atoms with Gasteiger partial charge in [-0.1, -0.05) is 11.6 Å². The van der Waals surface area contributed by atoms with Gasteiger partial charge in [0.15, 0.2) is 0 Å². The highest BCUT2D eigenvalue weighted by molar-refractivity contribution is 7.10. The van der Waals surface area contributed by atoms with Gasteiger partial charge in [-0.2, -0.15) is 0 Å². The number of hydrogen-bond donors (Lipinski definition) is 1. The van der Waals surface area contributed by atoms with Crippen LogP contribution in [0, 0.1) is 0 Å². The molecule has 1 aromatic heterocycles. The fraction of sp³-hybridized carbons (Fsp3) is 0.542. The van der Waals surface area contributed by atoms with Crippen LogP contribution in [0.15, 0.2) is 35.7 Å². The summed E-state index contributed by atoms with van der Waals surface area (Å²) in [6.45, 7) is 5.25. The molecule has 33 heavy (non-hydrogen) atoms. The first-order valence-electron chi connectivity index (χ1n) is 11.2. The first kappa shape index (κ1) is 25.9. The number of methoxy groups -OCH3 is 1. The summed E-state index contributed by atoms with van der Waals surface area (Å²) in [5.74, 6) is 0.728. The van der Waals surface area contributed by atoms with E-state index in [0.717, 1.165) is 17.7 Å². The number of carbonyl (C=O) groups excluding carboxylic acids is 1. The third-order valence-corrected chi connectivity index (χ3v) is 6.84. The molecule has 0 radical (unpaired) electrons. The van der Waals surface area contributed by atoms with Crippen molar-refractivity contribution >= 4 is 28.8 Å². The van der Waals surface area contributed by atoms with Gasteiger partial charge < -0.3 is 24.2 Å². The Kier molecular flexibility index (Phi) is 10.4. The Morgan fingerprint density at radius 1 is 1.33 bits per heavy atom. The number of halogens is 1. The van der Waals surface area contributed by atoms with Gasteiger partial charge in [0.05, 0.1) is 31.9 Å². The number of hydrogen-bond acceptors (Lipinski definition) is 7. The van der Waals surface area contributed by atoms with E-state index in [1.54, 1.807) is 30.6 Å². The summed E-state index contributed by atoms with van der Waals surface area (Å²) < 4.78 is 16.6. The topological polar surface area (TPSA) is 71.5 Å². The molecule has 1 N–H and O–H groups in total. The Hall–Kier alpha value is -1.68. The number of thiophene rings is 1. The van der Waals surface area contributed by atoms with E-state index in [-0.39, 0.29) is 25.1 Å². The van der Waals surface area contributed by atoms with Crippen LogP contribution in [0.4, 0.5) is 0 Å². The molecule has 3 rings (SSSR count). The van der Waals surface area contributed by atoms with Crippen LogP contribution in [-0.4, -0.2) is 86.6 Å². The molecule has 9 heteroatoms. The molecule has 0 spiro atoms. The lowest BCUT2D eigenvalue weighted by molar-refractivity contribution is -0.136. The zero-order valence-electron chi connectivity index (χ0n) is 19.2. The summed E-state index contributed by atoms with van der Waals surface area (Å²) in [5, 5.41) is 13.0. The number of aliphatic hydroxyl groups excluding tert-OH is 1. The Morgan fingerprint density at radius 3 is 2.85 bits per heavy atom. The quantitative estimate of drug-likeness (QED) is 0.459. The maximum Gasteiger partial charge on any atom is 0.237 e. The van der Waals surface area contributed by atoms with Crippen LogP contribution >= 0.6 is 22.9 Å². The molecule has 0 aliphatic carbocycles. The Morgan fingerprint density at radius 2 is 2.12 bits per heavy atom. The number of fused-ring (bicyclic) bond motifs is 1. The molecule has 1 amide bonds. The van der Waals surface area contributed by atoms with E-state index in [4.69, 9.17) is 25.8 Å². The van der Waals surface area contributed by atoms with Crippen LogP contribution in [0.25, 0.3) is 0 Å². The van der Waals surface area contributed by atoms with Crippen molar-refractivity contribution in [3.05, 3.63) is 51.2 Å². The second-order valence-electron chi connectivity index (χ2n) is 7.96. The number of benzene rings is 1. The summed E-state index contributed by atoms with van der Waals surface area (Å²) in [6, 6.07) is 9.16. The molecule has 2 heterocycles. The van der Waals surface area contributed by atoms with Crippen LogP contribution in [-0.2, 0) is 20.7 Å². The zero-order valence-corrected chi connectivity index (χ0v) is 20.8. The van der Waals surface area contributed by atoms with E-state index in [9.17, 15) is 9.90 Å². The number of nitrogens with zero attached hydrogens (tertiary/aromatic N) is 2. The normalized spacial score (nSPS) is 16.6. The first-order valence-corrected chi connectivity index (χ1v) is 12.5. The summed E-state index contributed by atoms with van der Waals surface area (Å²) in [5.41, 5.74) is 1.15. The number of carbonyl (C=O) groups is 1. The maximum absolute atomic E-state index is 13.4. The van der Waals surface area contributed by atoms with E-state index < -0.39 is 6.10 Å². The lowest BCUT2D eigenvalue weighted by Crippen LogP contribution is -2.48. The average Bonchev–Trinajstić information content (AvgIpc) is 3.29. The number of amides is 1. The highest BCUT2D eigenvalue weighted by Crippen LogP contribution is 2.34. The lowest BCUT2D eigenvalue weighted by atomic mass is 10.0. The molecule has 7 nitrogen and oxygen atoms in total. The second-order valence-corrected chi connectivity index (χ2v) is 9.40. The fourth-order valence-electron chi connectivity index (χ4n) is 3.92. The highest BCUT2D eigenvalue weighted by atomic mass is 35.5. The standard InChI is InChI=1S/C24H33ClN2O5S/c1-3-31-16-19(28)14-26(11-12-30-2)15-24(29)27-10-8-23-21(9-13-33-23)22(27)17-32-20-6-4-18(25)5-7-20/h4-7,9,13,19,22,28H,3,8,10-12,14-17H2,1-2H3/t19-,22+/m1/s1. The molecule has 1 aliphatic heterocycles. The summed E-state index contributed by atoms with van der Waals surface area (Å²) in [4.78, 5) is 18.6. The van der Waals surface area contributed by atoms with Crippen molar-refractivity contribution in [3.63, 3.8) is 0 Å². The van der Waals surface area contributed by atoms with Gasteiger partial charge in [-0.05, 0) is 54.6 Å². The van der Waals surface area contributed by atoms with Crippen LogP contribution in [0.1, 0.15) is 23.4 Å². The summed E-state index contributed by atoms with van der Waals surface area (Å²) in [6.07, 6.45) is 0.171. The van der Waals surface area contributed by atoms with Gasteiger partial charge in [0.1, 0.15) is 12.4 Å². The van der Waals surface area contributed by atoms with E-state index in [0.29, 0.717) is 44.5 Å². The molecular formula is C24H33ClN2O5S. The van der Waals surface area contributed by atoms with E-state index >= 15 is 0 Å². The van der Waals surface area contributed by atoms with Gasteiger partial charge in [-0.25, -0.2) is 0 Å². The van der Waals surface area contributed by atoms with Crippen LogP contribution in [0.2, 0.25) is 5.02 Å². The predicted octanol–water partition coefficient (Wildman–Crippen LogP) is 3.25. The SMILES string of the molecule is CCOC[C@H](O)CN(CCOC)CC(=O)N1CCc2sccc2[C@@H]1COc1ccc(Cl)cc1. The third-order valence-electron chi connectivity index (χ3n) is 5.59. The maximum atomic E-state index is 13.4. The molecule has 1 aliphatic rings. The summed E-state index contributed by atoms with van der Waals surface area (Å²) in [7, 11) is 1.63. The average molecular weight is 497 g/mol.